The summed E-state index contributed by atoms with van der Waals surface area (Å²) in [7, 11) is 0. The maximum atomic E-state index is 12.6. The van der Waals surface area contributed by atoms with Crippen LogP contribution in [-0.4, -0.2) is 11.1 Å². The highest BCUT2D eigenvalue weighted by atomic mass is 35.5. The first-order chi connectivity index (χ1) is 5.13. The van der Waals surface area contributed by atoms with Gasteiger partial charge in [-0.2, -0.15) is 0 Å². The zero-order valence-corrected chi connectivity index (χ0v) is 7.32. The Kier molecular flexibility index (Phi) is 4.00. The maximum absolute atomic E-state index is 12.6. The molecule has 5 heteroatoms. The molecule has 0 aliphatic carbocycles. The largest absolute Gasteiger partial charge is 0.478 e. The van der Waals surface area contributed by atoms with Crippen molar-refractivity contribution in [2.45, 2.75) is 0 Å². The van der Waals surface area contributed by atoms with Crippen LogP contribution in [0.1, 0.15) is 10.4 Å². The van der Waals surface area contributed by atoms with E-state index in [4.69, 9.17) is 16.7 Å². The highest BCUT2D eigenvalue weighted by Gasteiger charge is 2.13. The molecule has 2 nitrogen and oxygen atoms in total. The Morgan fingerprint density at radius 1 is 1.50 bits per heavy atom. The lowest BCUT2D eigenvalue weighted by Gasteiger charge is -1.97. The molecule has 1 rings (SSSR count). The zero-order valence-electron chi connectivity index (χ0n) is 5.75. The summed E-state index contributed by atoms with van der Waals surface area (Å²) in [6.07, 6.45) is 0. The molecule has 0 aromatic heterocycles. The molecule has 0 amide bonds. The minimum absolute atomic E-state index is 0. The molecule has 0 saturated carbocycles. The Labute approximate surface area is 79.4 Å². The smallest absolute Gasteiger partial charge is 0.340 e. The molecule has 0 aliphatic heterocycles. The van der Waals surface area contributed by atoms with Gasteiger partial charge in [-0.3, -0.25) is 0 Å². The summed E-state index contributed by atoms with van der Waals surface area (Å²) in [6.45, 7) is 0. The quantitative estimate of drug-likeness (QED) is 0.774. The summed E-state index contributed by atoms with van der Waals surface area (Å²) < 4.78 is 12.6. The summed E-state index contributed by atoms with van der Waals surface area (Å²) >= 11 is 5.40. The monoisotopic (exact) mass is 210 g/mol. The lowest BCUT2D eigenvalue weighted by molar-refractivity contribution is 0.0692. The van der Waals surface area contributed by atoms with E-state index in [1.165, 1.54) is 12.1 Å². The lowest BCUT2D eigenvalue weighted by atomic mass is 10.2. The van der Waals surface area contributed by atoms with Crippen LogP contribution in [0.3, 0.4) is 0 Å². The summed E-state index contributed by atoms with van der Waals surface area (Å²) in [5, 5.41) is 8.34. The average Bonchev–Trinajstić information content (AvgIpc) is 1.85. The number of halogens is 3. The van der Waals surface area contributed by atoms with Crippen LogP contribution in [0.4, 0.5) is 4.39 Å². The van der Waals surface area contributed by atoms with E-state index in [0.717, 1.165) is 6.07 Å². The minimum atomic E-state index is -1.35. The van der Waals surface area contributed by atoms with Crippen molar-refractivity contribution in [3.8, 4) is 0 Å². The fraction of sp³-hybridized carbons (Fsp3) is 0. The van der Waals surface area contributed by atoms with Crippen molar-refractivity contribution in [3.05, 3.63) is 34.6 Å². The van der Waals surface area contributed by atoms with Gasteiger partial charge in [0.15, 0.2) is 0 Å². The van der Waals surface area contributed by atoms with Crippen LogP contribution in [0.5, 0.6) is 0 Å². The Bertz CT molecular complexity index is 281. The summed E-state index contributed by atoms with van der Waals surface area (Å²) in [6, 6.07) is 3.73. The molecule has 0 bridgehead atoms. The number of hydrogen-bond donors (Lipinski definition) is 1. The van der Waals surface area contributed by atoms with Gasteiger partial charge in [-0.05, 0) is 12.1 Å². The first-order valence-corrected chi connectivity index (χ1v) is 3.18. The maximum Gasteiger partial charge on any atom is 0.340 e. The molecule has 0 radical (unpaired) electrons. The van der Waals surface area contributed by atoms with Crippen molar-refractivity contribution >= 4 is 30.0 Å². The normalized spacial score (nSPS) is 8.83. The first-order valence-electron chi connectivity index (χ1n) is 2.80. The highest BCUT2D eigenvalue weighted by Crippen LogP contribution is 2.18. The highest BCUT2D eigenvalue weighted by molar-refractivity contribution is 6.33. The SMILES string of the molecule is Cl.O=C(O)c1c(F)cccc1Cl. The molecule has 0 unspecified atom stereocenters. The van der Waals surface area contributed by atoms with Gasteiger partial charge in [-0.25, -0.2) is 9.18 Å². The molecular formula is C7H5Cl2FO2. The number of benzene rings is 1. The molecule has 1 aromatic carbocycles. The van der Waals surface area contributed by atoms with Gasteiger partial charge < -0.3 is 5.11 Å². The van der Waals surface area contributed by atoms with Crippen molar-refractivity contribution < 1.29 is 14.3 Å². The average molecular weight is 211 g/mol. The van der Waals surface area contributed by atoms with E-state index >= 15 is 0 Å². The van der Waals surface area contributed by atoms with E-state index in [2.05, 4.69) is 0 Å². The first kappa shape index (κ1) is 11.2. The Morgan fingerprint density at radius 3 is 2.42 bits per heavy atom. The molecular weight excluding hydrogens is 206 g/mol. The van der Waals surface area contributed by atoms with Gasteiger partial charge in [0.25, 0.3) is 0 Å². The van der Waals surface area contributed by atoms with E-state index in [1.54, 1.807) is 0 Å². The molecule has 0 aliphatic rings. The van der Waals surface area contributed by atoms with Gasteiger partial charge in [0.1, 0.15) is 11.4 Å². The second-order valence-electron chi connectivity index (χ2n) is 1.90. The van der Waals surface area contributed by atoms with Crippen LogP contribution in [0.15, 0.2) is 18.2 Å². The number of carboxylic acid groups (broad SMARTS) is 1. The number of carboxylic acids is 1. The molecule has 0 heterocycles. The van der Waals surface area contributed by atoms with Crippen LogP contribution in [0.2, 0.25) is 5.02 Å². The van der Waals surface area contributed by atoms with Crippen molar-refractivity contribution in [3.63, 3.8) is 0 Å². The van der Waals surface area contributed by atoms with Crippen molar-refractivity contribution in [2.75, 3.05) is 0 Å². The Balaban J connectivity index is 0.00000121. The topological polar surface area (TPSA) is 37.3 Å². The second kappa shape index (κ2) is 4.28. The molecule has 1 aromatic rings. The van der Waals surface area contributed by atoms with Crippen molar-refractivity contribution in [1.82, 2.24) is 0 Å². The third-order valence-corrected chi connectivity index (χ3v) is 1.49. The third-order valence-electron chi connectivity index (χ3n) is 1.18. The van der Waals surface area contributed by atoms with Crippen LogP contribution in [-0.2, 0) is 0 Å². The number of hydrogen-bond acceptors (Lipinski definition) is 1. The van der Waals surface area contributed by atoms with Crippen LogP contribution in [0.25, 0.3) is 0 Å². The van der Waals surface area contributed by atoms with Crippen LogP contribution in [0, 0.1) is 5.82 Å². The predicted octanol–water partition coefficient (Wildman–Crippen LogP) is 2.60. The fourth-order valence-corrected chi connectivity index (χ4v) is 0.946. The number of rotatable bonds is 1. The summed E-state index contributed by atoms with van der Waals surface area (Å²) in [4.78, 5) is 10.3. The zero-order chi connectivity index (χ0) is 8.43. The number of carbonyl (C=O) groups is 1. The second-order valence-corrected chi connectivity index (χ2v) is 2.31. The minimum Gasteiger partial charge on any atom is -0.478 e. The van der Waals surface area contributed by atoms with Crippen LogP contribution >= 0.6 is 24.0 Å². The van der Waals surface area contributed by atoms with Gasteiger partial charge >= 0.3 is 5.97 Å². The van der Waals surface area contributed by atoms with Crippen LogP contribution < -0.4 is 0 Å². The van der Waals surface area contributed by atoms with Gasteiger partial charge in [-0.1, -0.05) is 17.7 Å². The van der Waals surface area contributed by atoms with Crippen molar-refractivity contribution in [2.24, 2.45) is 0 Å². The Morgan fingerprint density at radius 2 is 2.08 bits per heavy atom. The molecule has 1 N–H and O–H groups in total. The molecule has 12 heavy (non-hydrogen) atoms. The predicted molar refractivity (Wildman–Crippen MR) is 45.6 cm³/mol. The molecule has 66 valence electrons. The third kappa shape index (κ3) is 2.09. The van der Waals surface area contributed by atoms with Gasteiger partial charge in [0, 0.05) is 0 Å². The molecule has 0 fully saturated rings. The van der Waals surface area contributed by atoms with E-state index in [9.17, 15) is 9.18 Å². The fourth-order valence-electron chi connectivity index (χ4n) is 0.702. The van der Waals surface area contributed by atoms with E-state index < -0.39 is 17.3 Å². The van der Waals surface area contributed by atoms with E-state index in [1.807, 2.05) is 0 Å². The van der Waals surface area contributed by atoms with Gasteiger partial charge in [-0.15, -0.1) is 12.4 Å². The van der Waals surface area contributed by atoms with Crippen molar-refractivity contribution in [1.29, 1.82) is 0 Å². The Hall–Kier alpha value is -0.800. The standard InChI is InChI=1S/C7H4ClFO2.ClH/c8-4-2-1-3-5(9)6(4)7(10)11;/h1-3H,(H,10,11);1H. The van der Waals surface area contributed by atoms with Gasteiger partial charge in [0.2, 0.25) is 0 Å². The van der Waals surface area contributed by atoms with Gasteiger partial charge in [0.05, 0.1) is 5.02 Å². The molecule has 0 saturated heterocycles. The van der Waals surface area contributed by atoms with E-state index in [-0.39, 0.29) is 17.4 Å². The summed E-state index contributed by atoms with van der Waals surface area (Å²) in [5.74, 6) is -2.17. The lowest BCUT2D eigenvalue weighted by Crippen LogP contribution is -2.00. The molecule has 0 spiro atoms. The molecule has 0 atom stereocenters. The number of aromatic carboxylic acids is 1. The summed E-state index contributed by atoms with van der Waals surface area (Å²) in [5.41, 5.74) is -0.478. The van der Waals surface area contributed by atoms with E-state index in [0.29, 0.717) is 0 Å².